The minimum Gasteiger partial charge on any atom is -0.497 e. The first-order chi connectivity index (χ1) is 18.1. The van der Waals surface area contributed by atoms with Gasteiger partial charge in [0.15, 0.2) is 0 Å². The average molecular weight is 482 g/mol. The molecule has 0 aromatic heterocycles. The Morgan fingerprint density at radius 3 is 1.51 bits per heavy atom. The molecule has 0 spiro atoms. The third-order valence-corrected chi connectivity index (χ3v) is 6.47. The molecule has 0 fully saturated rings. The number of anilines is 3. The molecule has 0 radical (unpaired) electrons. The van der Waals surface area contributed by atoms with E-state index in [1.165, 1.54) is 22.3 Å². The summed E-state index contributed by atoms with van der Waals surface area (Å²) in [6, 6.07) is 44.8. The highest BCUT2D eigenvalue weighted by atomic mass is 16.5. The summed E-state index contributed by atoms with van der Waals surface area (Å²) in [5, 5.41) is 0. The summed E-state index contributed by atoms with van der Waals surface area (Å²) in [6.07, 6.45) is 2.25. The summed E-state index contributed by atoms with van der Waals surface area (Å²) < 4.78 is 5.79. The predicted molar refractivity (Wildman–Crippen MR) is 157 cm³/mol. The van der Waals surface area contributed by atoms with Crippen molar-refractivity contribution in [2.24, 2.45) is 0 Å². The van der Waals surface area contributed by atoms with Gasteiger partial charge in [-0.05, 0) is 78.6 Å². The monoisotopic (exact) mass is 481 g/mol. The Hall–Kier alpha value is -4.56. The van der Waals surface area contributed by atoms with Crippen LogP contribution in [0.5, 0.6) is 5.75 Å². The second-order valence-electron chi connectivity index (χ2n) is 9.26. The quantitative estimate of drug-likeness (QED) is 0.215. The number of benzene rings is 5. The zero-order chi connectivity index (χ0) is 25.6. The lowest BCUT2D eigenvalue weighted by Gasteiger charge is -2.26. The van der Waals surface area contributed by atoms with Gasteiger partial charge in [0.1, 0.15) is 5.75 Å². The van der Waals surface area contributed by atoms with Gasteiger partial charge in [-0.15, -0.1) is 0 Å². The van der Waals surface area contributed by atoms with Crippen LogP contribution in [0.15, 0.2) is 127 Å². The van der Waals surface area contributed by atoms with Gasteiger partial charge in [-0.25, -0.2) is 0 Å². The van der Waals surface area contributed by atoms with Crippen molar-refractivity contribution in [2.75, 3.05) is 12.0 Å². The molecular weight excluding hydrogens is 450 g/mol. The molecule has 0 saturated heterocycles. The molecule has 0 unspecified atom stereocenters. The molecule has 0 heterocycles. The molecule has 0 aliphatic heterocycles. The SMILES string of the molecule is COc1cc(C=C(c2ccccc2)c2ccccc2)cc(N(c2ccc(C)cc2)c2ccc(C)cc2)c1. The highest BCUT2D eigenvalue weighted by Crippen LogP contribution is 2.38. The Kier molecular flexibility index (Phi) is 7.19. The summed E-state index contributed by atoms with van der Waals surface area (Å²) >= 11 is 0. The molecule has 0 N–H and O–H groups in total. The van der Waals surface area contributed by atoms with Crippen LogP contribution in [0.1, 0.15) is 27.8 Å². The van der Waals surface area contributed by atoms with E-state index >= 15 is 0 Å². The van der Waals surface area contributed by atoms with Gasteiger partial charge in [0.2, 0.25) is 0 Å². The fourth-order valence-corrected chi connectivity index (χ4v) is 4.51. The van der Waals surface area contributed by atoms with Crippen LogP contribution in [0.2, 0.25) is 0 Å². The van der Waals surface area contributed by atoms with E-state index in [0.717, 1.165) is 33.9 Å². The van der Waals surface area contributed by atoms with Crippen LogP contribution in [-0.2, 0) is 0 Å². The summed E-state index contributed by atoms with van der Waals surface area (Å²) in [5.74, 6) is 0.813. The molecule has 0 saturated carbocycles. The van der Waals surface area contributed by atoms with Crippen molar-refractivity contribution in [1.29, 1.82) is 0 Å². The number of hydrogen-bond donors (Lipinski definition) is 0. The van der Waals surface area contributed by atoms with Crippen molar-refractivity contribution in [3.63, 3.8) is 0 Å². The molecule has 182 valence electrons. The van der Waals surface area contributed by atoms with Crippen molar-refractivity contribution in [1.82, 2.24) is 0 Å². The van der Waals surface area contributed by atoms with E-state index in [0.29, 0.717) is 0 Å². The Morgan fingerprint density at radius 1 is 0.568 bits per heavy atom. The Bertz CT molecular complexity index is 1400. The first-order valence-electron chi connectivity index (χ1n) is 12.6. The largest absolute Gasteiger partial charge is 0.497 e. The van der Waals surface area contributed by atoms with Crippen molar-refractivity contribution in [3.05, 3.63) is 155 Å². The summed E-state index contributed by atoms with van der Waals surface area (Å²) in [6.45, 7) is 4.23. The Balaban J connectivity index is 1.69. The lowest BCUT2D eigenvalue weighted by Crippen LogP contribution is -2.10. The summed E-state index contributed by atoms with van der Waals surface area (Å²) in [7, 11) is 1.73. The normalized spacial score (nSPS) is 10.6. The average Bonchev–Trinajstić information content (AvgIpc) is 2.95. The van der Waals surface area contributed by atoms with Crippen molar-refractivity contribution in [3.8, 4) is 5.75 Å². The lowest BCUT2D eigenvalue weighted by atomic mass is 9.95. The van der Waals surface area contributed by atoms with E-state index in [1.807, 2.05) is 0 Å². The maximum Gasteiger partial charge on any atom is 0.121 e. The third-order valence-electron chi connectivity index (χ3n) is 6.47. The first-order valence-corrected chi connectivity index (χ1v) is 12.6. The molecule has 0 amide bonds. The van der Waals surface area contributed by atoms with Crippen molar-refractivity contribution in [2.45, 2.75) is 13.8 Å². The maximum atomic E-state index is 5.79. The van der Waals surface area contributed by atoms with Gasteiger partial charge >= 0.3 is 0 Å². The molecule has 0 aliphatic rings. The zero-order valence-electron chi connectivity index (χ0n) is 21.6. The Morgan fingerprint density at radius 2 is 1.05 bits per heavy atom. The third kappa shape index (κ3) is 5.65. The number of hydrogen-bond acceptors (Lipinski definition) is 2. The molecule has 0 bridgehead atoms. The highest BCUT2D eigenvalue weighted by molar-refractivity contribution is 5.92. The fourth-order valence-electron chi connectivity index (χ4n) is 4.51. The molecular formula is C35H31NO. The van der Waals surface area contributed by atoms with Gasteiger partial charge in [-0.1, -0.05) is 96.1 Å². The molecule has 2 heteroatoms. The molecule has 0 aliphatic carbocycles. The maximum absolute atomic E-state index is 5.79. The van der Waals surface area contributed by atoms with Crippen LogP contribution < -0.4 is 9.64 Å². The van der Waals surface area contributed by atoms with E-state index < -0.39 is 0 Å². The van der Waals surface area contributed by atoms with Gasteiger partial charge < -0.3 is 9.64 Å². The number of rotatable bonds is 7. The molecule has 5 aromatic rings. The number of nitrogens with zero attached hydrogens (tertiary/aromatic N) is 1. The van der Waals surface area contributed by atoms with Gasteiger partial charge in [-0.3, -0.25) is 0 Å². The van der Waals surface area contributed by atoms with E-state index in [-0.39, 0.29) is 0 Å². The smallest absolute Gasteiger partial charge is 0.121 e. The van der Waals surface area contributed by atoms with Crippen LogP contribution >= 0.6 is 0 Å². The topological polar surface area (TPSA) is 12.5 Å². The van der Waals surface area contributed by atoms with Crippen LogP contribution in [-0.4, -0.2) is 7.11 Å². The van der Waals surface area contributed by atoms with Gasteiger partial charge in [0, 0.05) is 17.4 Å². The molecule has 37 heavy (non-hydrogen) atoms. The van der Waals surface area contributed by atoms with Gasteiger partial charge in [0.25, 0.3) is 0 Å². The fraction of sp³-hybridized carbons (Fsp3) is 0.0857. The summed E-state index contributed by atoms with van der Waals surface area (Å²) in [5.41, 5.74) is 10.3. The molecule has 5 rings (SSSR count). The minimum absolute atomic E-state index is 0.813. The van der Waals surface area contributed by atoms with Crippen LogP contribution in [0.3, 0.4) is 0 Å². The van der Waals surface area contributed by atoms with Gasteiger partial charge in [-0.2, -0.15) is 0 Å². The Labute approximate surface area is 220 Å². The second kappa shape index (κ2) is 11.0. The van der Waals surface area contributed by atoms with E-state index in [4.69, 9.17) is 4.74 Å². The first kappa shape index (κ1) is 24.1. The molecule has 5 aromatic carbocycles. The van der Waals surface area contributed by atoms with Crippen molar-refractivity contribution >= 4 is 28.7 Å². The summed E-state index contributed by atoms with van der Waals surface area (Å²) in [4.78, 5) is 2.28. The number of methoxy groups -OCH3 is 1. The second-order valence-corrected chi connectivity index (χ2v) is 9.26. The van der Waals surface area contributed by atoms with Crippen molar-refractivity contribution < 1.29 is 4.74 Å². The van der Waals surface area contributed by atoms with E-state index in [1.54, 1.807) is 7.11 Å². The van der Waals surface area contributed by atoms with Gasteiger partial charge in [0.05, 0.1) is 12.8 Å². The minimum atomic E-state index is 0.813. The zero-order valence-corrected chi connectivity index (χ0v) is 21.6. The molecule has 0 atom stereocenters. The number of ether oxygens (including phenoxy) is 1. The van der Waals surface area contributed by atoms with Crippen LogP contribution in [0.4, 0.5) is 17.1 Å². The lowest BCUT2D eigenvalue weighted by molar-refractivity contribution is 0.415. The predicted octanol–water partition coefficient (Wildman–Crippen LogP) is 9.37. The van der Waals surface area contributed by atoms with E-state index in [2.05, 4.69) is 152 Å². The highest BCUT2D eigenvalue weighted by Gasteiger charge is 2.15. The van der Waals surface area contributed by atoms with Crippen LogP contribution in [0, 0.1) is 13.8 Å². The standard InChI is InChI=1S/C35H31NO/c1-26-14-18-31(19-15-26)36(32-20-16-27(2)17-21-32)33-22-28(23-34(25-33)37-3)24-35(29-10-6-4-7-11-29)30-12-8-5-9-13-30/h4-25H,1-3H3. The van der Waals surface area contributed by atoms with E-state index in [9.17, 15) is 0 Å². The van der Waals surface area contributed by atoms with Crippen LogP contribution in [0.25, 0.3) is 11.6 Å². The number of aryl methyl sites for hydroxylation is 2. The molecule has 2 nitrogen and oxygen atoms in total.